The van der Waals surface area contributed by atoms with Crippen molar-refractivity contribution in [2.45, 2.75) is 23.8 Å². The predicted octanol–water partition coefficient (Wildman–Crippen LogP) is 0.0224. The summed E-state index contributed by atoms with van der Waals surface area (Å²) in [5.41, 5.74) is 0. The van der Waals surface area contributed by atoms with Gasteiger partial charge in [-0.3, -0.25) is 4.79 Å². The van der Waals surface area contributed by atoms with E-state index < -0.39 is 10.0 Å². The van der Waals surface area contributed by atoms with Gasteiger partial charge in [-0.25, -0.2) is 17.7 Å². The lowest BCUT2D eigenvalue weighted by molar-refractivity contribution is -0.122. The molecule has 1 saturated heterocycles. The summed E-state index contributed by atoms with van der Waals surface area (Å²) >= 11 is 0. The van der Waals surface area contributed by atoms with Crippen LogP contribution in [-0.2, 0) is 14.8 Å². The molecule has 1 aromatic rings. The maximum absolute atomic E-state index is 11.9. The molecule has 2 rings (SSSR count). The van der Waals surface area contributed by atoms with E-state index in [4.69, 9.17) is 0 Å². The van der Waals surface area contributed by atoms with Crippen LogP contribution in [0, 0.1) is 0 Å². The number of sulfonamides is 1. The molecule has 7 nitrogen and oxygen atoms in total. The average molecular weight is 298 g/mol. The van der Waals surface area contributed by atoms with Crippen molar-refractivity contribution in [3.05, 3.63) is 18.3 Å². The Morgan fingerprint density at radius 3 is 2.65 bits per heavy atom. The quantitative estimate of drug-likeness (QED) is 0.818. The lowest BCUT2D eigenvalue weighted by atomic mass is 10.1. The summed E-state index contributed by atoms with van der Waals surface area (Å²) in [6, 6.07) is 3.27. The molecule has 2 heterocycles. The first kappa shape index (κ1) is 14.7. The minimum absolute atomic E-state index is 0.0587. The highest BCUT2D eigenvalue weighted by Gasteiger charge is 2.19. The van der Waals surface area contributed by atoms with Crippen LogP contribution >= 0.6 is 0 Å². The fraction of sp³-hybridized carbons (Fsp3) is 0.500. The lowest BCUT2D eigenvalue weighted by Gasteiger charge is -2.24. The van der Waals surface area contributed by atoms with E-state index in [1.165, 1.54) is 26.4 Å². The Bertz CT molecular complexity index is 573. The van der Waals surface area contributed by atoms with E-state index in [1.54, 1.807) is 6.07 Å². The molecule has 0 bridgehead atoms. The maximum atomic E-state index is 11.9. The van der Waals surface area contributed by atoms with Crippen molar-refractivity contribution in [1.29, 1.82) is 0 Å². The molecule has 2 N–H and O–H groups in total. The Balaban J connectivity index is 2.04. The van der Waals surface area contributed by atoms with Crippen molar-refractivity contribution in [2.24, 2.45) is 0 Å². The molecule has 1 unspecified atom stereocenters. The standard InChI is InChI=1S/C12H18N4O3S/c1-16(2)20(18,19)10-4-5-11(13-8-10)15-9-3-6-12(17)14-7-9/h4-5,8-9H,3,6-7H2,1-2H3,(H,13,15)(H,14,17). The Kier molecular flexibility index (Phi) is 4.24. The SMILES string of the molecule is CN(C)S(=O)(=O)c1ccc(NC2CCC(=O)NC2)nc1. The number of amides is 1. The molecule has 1 fully saturated rings. The van der Waals surface area contributed by atoms with Crippen LogP contribution < -0.4 is 10.6 Å². The monoisotopic (exact) mass is 298 g/mol. The third-order valence-electron chi connectivity index (χ3n) is 3.13. The van der Waals surface area contributed by atoms with Gasteiger partial charge in [0.05, 0.1) is 0 Å². The number of rotatable bonds is 4. The largest absolute Gasteiger partial charge is 0.366 e. The lowest BCUT2D eigenvalue weighted by Crippen LogP contribution is -2.42. The summed E-state index contributed by atoms with van der Waals surface area (Å²) in [5, 5.41) is 5.95. The first-order valence-corrected chi connectivity index (χ1v) is 7.75. The molecule has 1 aromatic heterocycles. The van der Waals surface area contributed by atoms with Crippen LogP contribution in [0.25, 0.3) is 0 Å². The second-order valence-corrected chi connectivity index (χ2v) is 7.00. The zero-order valence-corrected chi connectivity index (χ0v) is 12.3. The molecule has 1 atom stereocenters. The summed E-state index contributed by atoms with van der Waals surface area (Å²) in [6.45, 7) is 0.554. The molecule has 0 aromatic carbocycles. The molecule has 8 heteroatoms. The van der Waals surface area contributed by atoms with Gasteiger partial charge >= 0.3 is 0 Å². The number of nitrogens with one attached hydrogen (secondary N) is 2. The Morgan fingerprint density at radius 2 is 2.15 bits per heavy atom. The van der Waals surface area contributed by atoms with Crippen molar-refractivity contribution >= 4 is 21.7 Å². The van der Waals surface area contributed by atoms with Crippen LogP contribution in [0.15, 0.2) is 23.2 Å². The van der Waals surface area contributed by atoms with Gasteiger partial charge in [-0.15, -0.1) is 0 Å². The number of anilines is 1. The predicted molar refractivity (Wildman–Crippen MR) is 74.8 cm³/mol. The van der Waals surface area contributed by atoms with E-state index in [2.05, 4.69) is 15.6 Å². The molecule has 0 saturated carbocycles. The zero-order valence-electron chi connectivity index (χ0n) is 11.5. The summed E-state index contributed by atoms with van der Waals surface area (Å²) in [7, 11) is -0.491. The summed E-state index contributed by atoms with van der Waals surface area (Å²) < 4.78 is 24.9. The van der Waals surface area contributed by atoms with Gasteiger partial charge in [-0.1, -0.05) is 0 Å². The zero-order chi connectivity index (χ0) is 14.8. The molecule has 1 aliphatic heterocycles. The van der Waals surface area contributed by atoms with Gasteiger partial charge in [-0.05, 0) is 18.6 Å². The summed E-state index contributed by atoms with van der Waals surface area (Å²) in [5.74, 6) is 0.660. The van der Waals surface area contributed by atoms with E-state index in [0.29, 0.717) is 18.8 Å². The fourth-order valence-electron chi connectivity index (χ4n) is 1.89. The van der Waals surface area contributed by atoms with Gasteiger partial charge in [-0.2, -0.15) is 0 Å². The van der Waals surface area contributed by atoms with Crippen molar-refractivity contribution in [2.75, 3.05) is 26.0 Å². The molecule has 1 aliphatic rings. The number of aromatic nitrogens is 1. The fourth-order valence-corrected chi connectivity index (χ4v) is 2.74. The maximum Gasteiger partial charge on any atom is 0.244 e. The number of piperidine rings is 1. The van der Waals surface area contributed by atoms with Crippen LogP contribution in [0.5, 0.6) is 0 Å². The number of hydrogen-bond donors (Lipinski definition) is 2. The molecule has 20 heavy (non-hydrogen) atoms. The van der Waals surface area contributed by atoms with Gasteiger partial charge in [0.25, 0.3) is 0 Å². The highest BCUT2D eigenvalue weighted by atomic mass is 32.2. The van der Waals surface area contributed by atoms with Crippen LogP contribution in [0.4, 0.5) is 5.82 Å². The van der Waals surface area contributed by atoms with E-state index >= 15 is 0 Å². The molecule has 0 radical (unpaired) electrons. The first-order chi connectivity index (χ1) is 9.39. The van der Waals surface area contributed by atoms with E-state index in [9.17, 15) is 13.2 Å². The number of nitrogens with zero attached hydrogens (tertiary/aromatic N) is 2. The van der Waals surface area contributed by atoms with Gasteiger partial charge in [0.1, 0.15) is 10.7 Å². The topological polar surface area (TPSA) is 91.4 Å². The molecule has 0 spiro atoms. The third-order valence-corrected chi connectivity index (χ3v) is 4.93. The van der Waals surface area contributed by atoms with E-state index in [-0.39, 0.29) is 16.8 Å². The number of hydrogen-bond acceptors (Lipinski definition) is 5. The number of pyridine rings is 1. The van der Waals surface area contributed by atoms with Crippen LogP contribution in [-0.4, -0.2) is 50.3 Å². The first-order valence-electron chi connectivity index (χ1n) is 6.31. The molecular weight excluding hydrogens is 280 g/mol. The number of carbonyl (C=O) groups excluding carboxylic acids is 1. The highest BCUT2D eigenvalue weighted by Crippen LogP contribution is 2.15. The smallest absolute Gasteiger partial charge is 0.244 e. The summed E-state index contributed by atoms with van der Waals surface area (Å²) in [6.07, 6.45) is 2.56. The minimum Gasteiger partial charge on any atom is -0.366 e. The van der Waals surface area contributed by atoms with Crippen LogP contribution in [0.1, 0.15) is 12.8 Å². The third kappa shape index (κ3) is 3.26. The second-order valence-electron chi connectivity index (χ2n) is 4.85. The molecule has 110 valence electrons. The van der Waals surface area contributed by atoms with Crippen molar-refractivity contribution in [3.8, 4) is 0 Å². The van der Waals surface area contributed by atoms with Gasteiger partial charge < -0.3 is 10.6 Å². The molecule has 1 amide bonds. The van der Waals surface area contributed by atoms with Gasteiger partial charge in [0.2, 0.25) is 15.9 Å². The van der Waals surface area contributed by atoms with E-state index in [1.807, 2.05) is 0 Å². The Labute approximate surface area is 118 Å². The van der Waals surface area contributed by atoms with Crippen molar-refractivity contribution in [3.63, 3.8) is 0 Å². The molecule has 0 aliphatic carbocycles. The molecular formula is C12H18N4O3S. The summed E-state index contributed by atoms with van der Waals surface area (Å²) in [4.78, 5) is 15.3. The van der Waals surface area contributed by atoms with Crippen molar-refractivity contribution < 1.29 is 13.2 Å². The Morgan fingerprint density at radius 1 is 1.40 bits per heavy atom. The highest BCUT2D eigenvalue weighted by molar-refractivity contribution is 7.89. The van der Waals surface area contributed by atoms with Gasteiger partial charge in [0, 0.05) is 39.3 Å². The number of carbonyl (C=O) groups is 1. The average Bonchev–Trinajstić information content (AvgIpc) is 2.42. The second kappa shape index (κ2) is 5.76. The van der Waals surface area contributed by atoms with Crippen molar-refractivity contribution in [1.82, 2.24) is 14.6 Å². The van der Waals surface area contributed by atoms with Crippen LogP contribution in [0.2, 0.25) is 0 Å². The van der Waals surface area contributed by atoms with Gasteiger partial charge in [0.15, 0.2) is 0 Å². The van der Waals surface area contributed by atoms with Crippen LogP contribution in [0.3, 0.4) is 0 Å². The normalized spacial score (nSPS) is 19.8. The minimum atomic E-state index is -3.45. The Hall–Kier alpha value is -1.67. The van der Waals surface area contributed by atoms with E-state index in [0.717, 1.165) is 10.7 Å².